The predicted octanol–water partition coefficient (Wildman–Crippen LogP) is 2.99. The Balaban J connectivity index is 0.00000676. The number of ether oxygens (including phenoxy) is 1. The average Bonchev–Trinajstić information content (AvgIpc) is 2.55. The summed E-state index contributed by atoms with van der Waals surface area (Å²) < 4.78 is 28.4. The molecule has 0 saturated heterocycles. The van der Waals surface area contributed by atoms with Gasteiger partial charge in [0.1, 0.15) is 15.6 Å². The molecular formula is C19H34IN3O3S. The molecule has 0 fully saturated rings. The number of nitrogens with zero attached hydrogens (tertiary/aromatic N) is 1. The molecule has 1 aromatic rings. The number of hydrogen-bond donors (Lipinski definition) is 2. The van der Waals surface area contributed by atoms with Crippen LogP contribution in [-0.4, -0.2) is 52.6 Å². The second-order valence-electron chi connectivity index (χ2n) is 6.87. The van der Waals surface area contributed by atoms with Crippen LogP contribution in [0.5, 0.6) is 5.75 Å². The van der Waals surface area contributed by atoms with Crippen molar-refractivity contribution in [1.29, 1.82) is 0 Å². The third kappa shape index (κ3) is 10.8. The Hall–Kier alpha value is -1.03. The van der Waals surface area contributed by atoms with Gasteiger partial charge in [-0.25, -0.2) is 8.42 Å². The Bertz CT molecular complexity index is 721. The highest BCUT2D eigenvalue weighted by Crippen LogP contribution is 2.23. The molecule has 1 atom stereocenters. The lowest BCUT2D eigenvalue weighted by Gasteiger charge is -2.18. The van der Waals surface area contributed by atoms with Crippen LogP contribution in [0.1, 0.15) is 36.5 Å². The summed E-state index contributed by atoms with van der Waals surface area (Å²) in [6.07, 6.45) is 2.64. The van der Waals surface area contributed by atoms with Gasteiger partial charge in [0.2, 0.25) is 0 Å². The molecule has 1 rings (SSSR count). The van der Waals surface area contributed by atoms with Crippen molar-refractivity contribution in [2.75, 3.05) is 32.2 Å². The van der Waals surface area contributed by atoms with E-state index in [-0.39, 0.29) is 35.8 Å². The lowest BCUT2D eigenvalue weighted by molar-refractivity contribution is 0.308. The van der Waals surface area contributed by atoms with Crippen LogP contribution in [0.4, 0.5) is 0 Å². The summed E-state index contributed by atoms with van der Waals surface area (Å²) in [5.74, 6) is 1.79. The van der Waals surface area contributed by atoms with Gasteiger partial charge in [-0.1, -0.05) is 6.07 Å². The van der Waals surface area contributed by atoms with E-state index >= 15 is 0 Å². The van der Waals surface area contributed by atoms with Crippen molar-refractivity contribution in [3.8, 4) is 5.75 Å². The first kappa shape index (κ1) is 26.0. The number of sulfone groups is 1. The highest BCUT2D eigenvalue weighted by atomic mass is 127. The van der Waals surface area contributed by atoms with Crippen molar-refractivity contribution in [1.82, 2.24) is 10.6 Å². The summed E-state index contributed by atoms with van der Waals surface area (Å²) in [6, 6.07) is 4.26. The molecule has 0 radical (unpaired) electrons. The number of guanidine groups is 1. The summed E-state index contributed by atoms with van der Waals surface area (Å²) in [5.41, 5.74) is 3.63. The van der Waals surface area contributed by atoms with E-state index in [2.05, 4.69) is 48.5 Å². The van der Waals surface area contributed by atoms with E-state index in [0.29, 0.717) is 19.0 Å². The van der Waals surface area contributed by atoms with Gasteiger partial charge in [-0.05, 0) is 63.3 Å². The molecule has 27 heavy (non-hydrogen) atoms. The van der Waals surface area contributed by atoms with Gasteiger partial charge in [-0.2, -0.15) is 0 Å². The van der Waals surface area contributed by atoms with Gasteiger partial charge in [0.25, 0.3) is 0 Å². The topological polar surface area (TPSA) is 79.8 Å². The van der Waals surface area contributed by atoms with Gasteiger partial charge in [-0.15, -0.1) is 24.0 Å². The maximum Gasteiger partial charge on any atom is 0.191 e. The van der Waals surface area contributed by atoms with Crippen LogP contribution in [0, 0.1) is 20.8 Å². The molecule has 8 heteroatoms. The molecule has 1 aromatic carbocycles. The summed E-state index contributed by atoms with van der Waals surface area (Å²) in [5, 5.41) is 6.44. The first-order chi connectivity index (χ1) is 12.1. The van der Waals surface area contributed by atoms with E-state index in [1.807, 2.05) is 6.92 Å². The lowest BCUT2D eigenvalue weighted by Crippen LogP contribution is -2.43. The van der Waals surface area contributed by atoms with E-state index < -0.39 is 9.84 Å². The fourth-order valence-corrected chi connectivity index (χ4v) is 3.28. The second-order valence-corrected chi connectivity index (χ2v) is 9.13. The molecule has 0 aliphatic heterocycles. The molecule has 2 N–H and O–H groups in total. The Morgan fingerprint density at radius 1 is 1.26 bits per heavy atom. The van der Waals surface area contributed by atoms with Crippen LogP contribution in [0.15, 0.2) is 17.1 Å². The summed E-state index contributed by atoms with van der Waals surface area (Å²) in [7, 11) is -1.24. The minimum absolute atomic E-state index is 0. The molecule has 0 aromatic heterocycles. The summed E-state index contributed by atoms with van der Waals surface area (Å²) in [6.45, 7) is 9.54. The average molecular weight is 511 g/mol. The van der Waals surface area contributed by atoms with Crippen molar-refractivity contribution in [3.05, 3.63) is 28.8 Å². The number of rotatable bonds is 9. The van der Waals surface area contributed by atoms with Gasteiger partial charge >= 0.3 is 0 Å². The normalized spacial score (nSPS) is 12.9. The van der Waals surface area contributed by atoms with E-state index in [4.69, 9.17) is 4.74 Å². The van der Waals surface area contributed by atoms with Gasteiger partial charge in [0.15, 0.2) is 5.96 Å². The van der Waals surface area contributed by atoms with Crippen LogP contribution in [0.2, 0.25) is 0 Å². The molecule has 0 saturated carbocycles. The number of aryl methyl sites for hydroxylation is 2. The van der Waals surface area contributed by atoms with E-state index in [1.165, 1.54) is 22.9 Å². The quantitative estimate of drug-likeness (QED) is 0.231. The molecule has 0 heterocycles. The number of hydrogen-bond acceptors (Lipinski definition) is 4. The SMILES string of the molecule is CN=C(NCCCOc1cc(C)cc(C)c1C)NC(C)CCS(C)(=O)=O.I. The van der Waals surface area contributed by atoms with E-state index in [9.17, 15) is 8.42 Å². The zero-order valence-electron chi connectivity index (χ0n) is 17.3. The maximum absolute atomic E-state index is 11.2. The molecule has 0 spiro atoms. The highest BCUT2D eigenvalue weighted by Gasteiger charge is 2.09. The Labute approximate surface area is 181 Å². The van der Waals surface area contributed by atoms with Gasteiger partial charge < -0.3 is 15.4 Å². The molecule has 1 unspecified atom stereocenters. The van der Waals surface area contributed by atoms with Gasteiger partial charge in [0, 0.05) is 25.9 Å². The number of aliphatic imine (C=N–C) groups is 1. The van der Waals surface area contributed by atoms with E-state index in [0.717, 1.165) is 18.7 Å². The van der Waals surface area contributed by atoms with E-state index in [1.54, 1.807) is 7.05 Å². The minimum Gasteiger partial charge on any atom is -0.493 e. The van der Waals surface area contributed by atoms with Gasteiger partial charge in [0.05, 0.1) is 12.4 Å². The van der Waals surface area contributed by atoms with Crippen molar-refractivity contribution >= 4 is 39.8 Å². The Kier molecular flexibility index (Phi) is 12.0. The van der Waals surface area contributed by atoms with Crippen LogP contribution >= 0.6 is 24.0 Å². The molecule has 156 valence electrons. The van der Waals surface area contributed by atoms with Crippen molar-refractivity contribution < 1.29 is 13.2 Å². The van der Waals surface area contributed by atoms with Crippen molar-refractivity contribution in [2.24, 2.45) is 4.99 Å². The maximum atomic E-state index is 11.2. The monoisotopic (exact) mass is 511 g/mol. The first-order valence-electron chi connectivity index (χ1n) is 8.98. The van der Waals surface area contributed by atoms with Crippen molar-refractivity contribution in [3.63, 3.8) is 0 Å². The third-order valence-electron chi connectivity index (χ3n) is 4.16. The fraction of sp³-hybridized carbons (Fsp3) is 0.632. The molecule has 0 amide bonds. The largest absolute Gasteiger partial charge is 0.493 e. The zero-order chi connectivity index (χ0) is 19.7. The highest BCUT2D eigenvalue weighted by molar-refractivity contribution is 14.0. The number of halogens is 1. The molecular weight excluding hydrogens is 477 g/mol. The first-order valence-corrected chi connectivity index (χ1v) is 11.0. The molecule has 0 aliphatic carbocycles. The van der Waals surface area contributed by atoms with Crippen molar-refractivity contribution in [2.45, 2.75) is 46.6 Å². The third-order valence-corrected chi connectivity index (χ3v) is 5.14. The predicted molar refractivity (Wildman–Crippen MR) is 124 cm³/mol. The number of nitrogens with one attached hydrogen (secondary N) is 2. The summed E-state index contributed by atoms with van der Waals surface area (Å²) >= 11 is 0. The smallest absolute Gasteiger partial charge is 0.191 e. The standard InChI is InChI=1S/C19H33N3O3S.HI/c1-14-12-15(2)17(4)18(13-14)25-10-7-9-21-19(20-5)22-16(3)8-11-26(6,23)24;/h12-13,16H,7-11H2,1-6H3,(H2,20,21,22);1H. The number of benzene rings is 1. The fourth-order valence-electron chi connectivity index (χ4n) is 2.50. The lowest BCUT2D eigenvalue weighted by atomic mass is 10.1. The molecule has 0 aliphatic rings. The van der Waals surface area contributed by atoms with Crippen LogP contribution in [-0.2, 0) is 9.84 Å². The second kappa shape index (κ2) is 12.4. The van der Waals surface area contributed by atoms with Gasteiger partial charge in [-0.3, -0.25) is 4.99 Å². The molecule has 0 bridgehead atoms. The molecule has 6 nitrogen and oxygen atoms in total. The Morgan fingerprint density at radius 2 is 1.93 bits per heavy atom. The van der Waals surface area contributed by atoms with Crippen LogP contribution < -0.4 is 15.4 Å². The Morgan fingerprint density at radius 3 is 2.52 bits per heavy atom. The minimum atomic E-state index is -2.94. The van der Waals surface area contributed by atoms with Crippen LogP contribution in [0.25, 0.3) is 0 Å². The summed E-state index contributed by atoms with van der Waals surface area (Å²) in [4.78, 5) is 4.17. The zero-order valence-corrected chi connectivity index (χ0v) is 20.4. The van der Waals surface area contributed by atoms with Crippen LogP contribution in [0.3, 0.4) is 0 Å².